The molecule has 0 atom stereocenters. The van der Waals surface area contributed by atoms with Gasteiger partial charge in [-0.15, -0.1) is 0 Å². The van der Waals surface area contributed by atoms with Gasteiger partial charge in [-0.2, -0.15) is 10.4 Å². The van der Waals surface area contributed by atoms with Gasteiger partial charge in [0.25, 0.3) is 0 Å². The molecule has 0 amide bonds. The average molecular weight is 416 g/mol. The van der Waals surface area contributed by atoms with Crippen LogP contribution in [-0.4, -0.2) is 33.7 Å². The predicted octanol–water partition coefficient (Wildman–Crippen LogP) is 3.46. The number of hydrogen-bond acceptors (Lipinski definition) is 5. The van der Waals surface area contributed by atoms with Crippen LogP contribution in [0.15, 0.2) is 36.5 Å². The number of fused-ring (bicyclic) bond motifs is 2. The van der Waals surface area contributed by atoms with Crippen molar-refractivity contribution in [1.82, 2.24) is 14.7 Å². The van der Waals surface area contributed by atoms with Crippen molar-refractivity contribution in [3.63, 3.8) is 0 Å². The second-order valence-electron chi connectivity index (χ2n) is 8.03. The predicted molar refractivity (Wildman–Crippen MR) is 111 cm³/mol. The topological polar surface area (TPSA) is 71.2 Å². The molecule has 2 aliphatic rings. The second kappa shape index (κ2) is 7.64. The molecule has 7 heteroatoms. The van der Waals surface area contributed by atoms with Crippen LogP contribution in [0.3, 0.4) is 0 Å². The van der Waals surface area contributed by atoms with Crippen LogP contribution in [0.4, 0.5) is 4.39 Å². The molecule has 0 bridgehead atoms. The molecule has 31 heavy (non-hydrogen) atoms. The van der Waals surface area contributed by atoms with Gasteiger partial charge >= 0.3 is 5.97 Å². The number of nitriles is 1. The Morgan fingerprint density at radius 2 is 2.16 bits per heavy atom. The molecule has 0 spiro atoms. The van der Waals surface area contributed by atoms with Gasteiger partial charge in [0, 0.05) is 43.2 Å². The second-order valence-corrected chi connectivity index (χ2v) is 8.03. The minimum absolute atomic E-state index is 0.0359. The molecule has 2 aromatic carbocycles. The molecule has 0 N–H and O–H groups in total. The van der Waals surface area contributed by atoms with Crippen molar-refractivity contribution < 1.29 is 13.9 Å². The Morgan fingerprint density at radius 3 is 2.97 bits per heavy atom. The fraction of sp³-hybridized carbons (Fsp3) is 0.292. The average Bonchev–Trinajstić information content (AvgIpc) is 3.37. The van der Waals surface area contributed by atoms with Crippen molar-refractivity contribution in [2.75, 3.05) is 13.1 Å². The van der Waals surface area contributed by atoms with E-state index in [1.54, 1.807) is 10.7 Å². The van der Waals surface area contributed by atoms with E-state index in [1.165, 1.54) is 17.7 Å². The SMILES string of the molecule is Cc1c(CCN2CCc3c(cnn3-c3ccc(C#N)c(F)c3)C2)ccc2c1COC2=O. The highest BCUT2D eigenvalue weighted by molar-refractivity contribution is 5.93. The minimum Gasteiger partial charge on any atom is -0.457 e. The van der Waals surface area contributed by atoms with Crippen molar-refractivity contribution in [3.8, 4) is 11.8 Å². The maximum atomic E-state index is 14.0. The summed E-state index contributed by atoms with van der Waals surface area (Å²) in [5, 5.41) is 13.4. The van der Waals surface area contributed by atoms with Gasteiger partial charge in [-0.1, -0.05) is 6.07 Å². The van der Waals surface area contributed by atoms with E-state index in [0.717, 1.165) is 54.9 Å². The molecule has 0 saturated carbocycles. The largest absolute Gasteiger partial charge is 0.457 e. The summed E-state index contributed by atoms with van der Waals surface area (Å²) >= 11 is 0. The number of nitrogens with zero attached hydrogens (tertiary/aromatic N) is 4. The lowest BCUT2D eigenvalue weighted by Crippen LogP contribution is -2.32. The lowest BCUT2D eigenvalue weighted by molar-refractivity contribution is 0.0535. The van der Waals surface area contributed by atoms with E-state index < -0.39 is 5.82 Å². The number of ether oxygens (including phenoxy) is 1. The van der Waals surface area contributed by atoms with Crippen molar-refractivity contribution in [3.05, 3.63) is 81.4 Å². The van der Waals surface area contributed by atoms with Crippen LogP contribution in [0.5, 0.6) is 0 Å². The summed E-state index contributed by atoms with van der Waals surface area (Å²) in [6.07, 6.45) is 3.57. The molecular weight excluding hydrogens is 395 g/mol. The zero-order valence-corrected chi connectivity index (χ0v) is 17.2. The number of hydrogen-bond donors (Lipinski definition) is 0. The van der Waals surface area contributed by atoms with Crippen LogP contribution < -0.4 is 0 Å². The van der Waals surface area contributed by atoms with Crippen molar-refractivity contribution in [1.29, 1.82) is 5.26 Å². The first-order valence-electron chi connectivity index (χ1n) is 10.3. The molecule has 0 saturated heterocycles. The number of esters is 1. The molecule has 0 fully saturated rings. The molecule has 0 unspecified atom stereocenters. The lowest BCUT2D eigenvalue weighted by Gasteiger charge is -2.27. The van der Waals surface area contributed by atoms with Gasteiger partial charge in [-0.3, -0.25) is 4.90 Å². The number of carbonyl (C=O) groups excluding carboxylic acids is 1. The smallest absolute Gasteiger partial charge is 0.338 e. The first-order chi connectivity index (χ1) is 15.0. The highest BCUT2D eigenvalue weighted by Crippen LogP contribution is 2.27. The van der Waals surface area contributed by atoms with Gasteiger partial charge < -0.3 is 4.74 Å². The summed E-state index contributed by atoms with van der Waals surface area (Å²) in [7, 11) is 0. The summed E-state index contributed by atoms with van der Waals surface area (Å²) < 4.78 is 21.0. The molecule has 5 rings (SSSR count). The van der Waals surface area contributed by atoms with Crippen LogP contribution >= 0.6 is 0 Å². The number of carbonyl (C=O) groups is 1. The molecule has 2 aliphatic heterocycles. The van der Waals surface area contributed by atoms with Gasteiger partial charge in [0.05, 0.1) is 28.7 Å². The number of aromatic nitrogens is 2. The van der Waals surface area contributed by atoms with Gasteiger partial charge in [-0.25, -0.2) is 13.9 Å². The van der Waals surface area contributed by atoms with E-state index >= 15 is 0 Å². The number of cyclic esters (lactones) is 1. The van der Waals surface area contributed by atoms with E-state index in [4.69, 9.17) is 10.00 Å². The highest BCUT2D eigenvalue weighted by atomic mass is 19.1. The molecule has 6 nitrogen and oxygen atoms in total. The molecule has 156 valence electrons. The Balaban J connectivity index is 1.29. The highest BCUT2D eigenvalue weighted by Gasteiger charge is 2.25. The Hall–Kier alpha value is -3.50. The first kappa shape index (κ1) is 19.5. The first-order valence-corrected chi connectivity index (χ1v) is 10.3. The third kappa shape index (κ3) is 3.39. The van der Waals surface area contributed by atoms with Crippen molar-refractivity contribution in [2.45, 2.75) is 32.9 Å². The van der Waals surface area contributed by atoms with E-state index in [1.807, 2.05) is 24.4 Å². The molecular formula is C24H21FN4O2. The van der Waals surface area contributed by atoms with E-state index in [0.29, 0.717) is 17.9 Å². The lowest BCUT2D eigenvalue weighted by atomic mass is 9.96. The summed E-state index contributed by atoms with van der Waals surface area (Å²) in [5.41, 5.74) is 6.99. The van der Waals surface area contributed by atoms with Crippen molar-refractivity contribution in [2.24, 2.45) is 0 Å². The molecule has 0 aliphatic carbocycles. The van der Waals surface area contributed by atoms with Crippen LogP contribution in [0.25, 0.3) is 5.69 Å². The Morgan fingerprint density at radius 1 is 1.29 bits per heavy atom. The summed E-state index contributed by atoms with van der Waals surface area (Å²) in [4.78, 5) is 14.1. The monoisotopic (exact) mass is 416 g/mol. The van der Waals surface area contributed by atoms with Gasteiger partial charge in [0.2, 0.25) is 0 Å². The summed E-state index contributed by atoms with van der Waals surface area (Å²) in [6, 6.07) is 10.3. The fourth-order valence-corrected chi connectivity index (χ4v) is 4.48. The number of benzene rings is 2. The van der Waals surface area contributed by atoms with E-state index in [2.05, 4.69) is 16.9 Å². The fourth-order valence-electron chi connectivity index (χ4n) is 4.48. The molecule has 3 aromatic rings. The summed E-state index contributed by atoms with van der Waals surface area (Å²) in [5.74, 6) is -0.758. The third-order valence-electron chi connectivity index (χ3n) is 6.31. The van der Waals surface area contributed by atoms with Crippen molar-refractivity contribution >= 4 is 5.97 Å². The number of halogens is 1. The molecule has 3 heterocycles. The number of rotatable bonds is 4. The van der Waals surface area contributed by atoms with E-state index in [9.17, 15) is 9.18 Å². The Labute approximate surface area is 179 Å². The minimum atomic E-state index is -0.529. The zero-order chi connectivity index (χ0) is 21.5. The molecule has 1 aromatic heterocycles. The molecule has 0 radical (unpaired) electrons. The van der Waals surface area contributed by atoms with Gasteiger partial charge in [-0.05, 0) is 42.7 Å². The quantitative estimate of drug-likeness (QED) is 0.609. The van der Waals surface area contributed by atoms with Crippen LogP contribution in [0.1, 0.15) is 43.9 Å². The van der Waals surface area contributed by atoms with Gasteiger partial charge in [0.15, 0.2) is 0 Å². The van der Waals surface area contributed by atoms with Crippen LogP contribution in [0, 0.1) is 24.1 Å². The summed E-state index contributed by atoms with van der Waals surface area (Å²) in [6.45, 7) is 5.02. The Bertz CT molecular complexity index is 1240. The maximum Gasteiger partial charge on any atom is 0.338 e. The Kier molecular flexibility index (Phi) is 4.79. The van der Waals surface area contributed by atoms with Crippen LogP contribution in [-0.2, 0) is 30.7 Å². The van der Waals surface area contributed by atoms with E-state index in [-0.39, 0.29) is 11.5 Å². The third-order valence-corrected chi connectivity index (χ3v) is 6.31. The normalized spacial score (nSPS) is 15.3. The van der Waals surface area contributed by atoms with Gasteiger partial charge in [0.1, 0.15) is 18.5 Å². The van der Waals surface area contributed by atoms with Crippen LogP contribution in [0.2, 0.25) is 0 Å². The standard InChI is InChI=1S/C24H21FN4O2/c1-15-16(3-5-20-21(15)14-31-24(20)30)6-8-28-9-7-23-18(13-28)12-27-29(23)19-4-2-17(11-26)22(25)10-19/h2-5,10,12H,6-9,13-14H2,1H3. The maximum absolute atomic E-state index is 14.0. The zero-order valence-electron chi connectivity index (χ0n) is 17.2.